The summed E-state index contributed by atoms with van der Waals surface area (Å²) >= 11 is 5.96. The van der Waals surface area contributed by atoms with E-state index >= 15 is 0 Å². The van der Waals surface area contributed by atoms with Crippen LogP contribution in [0.25, 0.3) is 21.9 Å². The summed E-state index contributed by atoms with van der Waals surface area (Å²) in [6.07, 6.45) is 0.732. The average molecular weight is 259 g/mol. The number of hydrogen-bond donors (Lipinski definition) is 1. The number of nitrogens with two attached hydrogens (primary N) is 1. The van der Waals surface area contributed by atoms with Crippen LogP contribution in [0.4, 0.5) is 5.82 Å². The van der Waals surface area contributed by atoms with Crippen LogP contribution >= 0.6 is 11.6 Å². The first-order valence-electron chi connectivity index (χ1n) is 5.70. The average Bonchev–Trinajstić information content (AvgIpc) is 2.36. The Hall–Kier alpha value is -1.94. The molecule has 5 heteroatoms. The summed E-state index contributed by atoms with van der Waals surface area (Å²) in [6, 6.07) is 7.51. The number of halogens is 1. The first-order chi connectivity index (χ1) is 8.67. The highest BCUT2D eigenvalue weighted by Crippen LogP contribution is 2.24. The molecule has 18 heavy (non-hydrogen) atoms. The molecular weight excluding hydrogens is 248 g/mol. The van der Waals surface area contributed by atoms with Crippen LogP contribution in [0.2, 0.25) is 5.02 Å². The van der Waals surface area contributed by atoms with Gasteiger partial charge in [0, 0.05) is 16.8 Å². The summed E-state index contributed by atoms with van der Waals surface area (Å²) in [7, 11) is 0. The molecule has 2 aromatic heterocycles. The van der Waals surface area contributed by atoms with Crippen molar-refractivity contribution in [1.82, 2.24) is 15.0 Å². The maximum atomic E-state index is 5.96. The first-order valence-corrected chi connectivity index (χ1v) is 6.07. The van der Waals surface area contributed by atoms with E-state index in [-0.39, 0.29) is 0 Å². The second-order valence-corrected chi connectivity index (χ2v) is 4.51. The number of rotatable bonds is 1. The molecule has 2 N–H and O–H groups in total. The number of fused-ring (bicyclic) bond motifs is 2. The predicted octanol–water partition coefficient (Wildman–Crippen LogP) is 2.98. The van der Waals surface area contributed by atoms with E-state index < -0.39 is 0 Å². The van der Waals surface area contributed by atoms with Crippen LogP contribution in [0.15, 0.2) is 24.3 Å². The molecule has 0 amide bonds. The summed E-state index contributed by atoms with van der Waals surface area (Å²) in [4.78, 5) is 13.1. The smallest absolute Gasteiger partial charge is 0.165 e. The number of hydrogen-bond acceptors (Lipinski definition) is 4. The van der Waals surface area contributed by atoms with Gasteiger partial charge < -0.3 is 5.73 Å². The fraction of sp³-hybridized carbons (Fsp3) is 0.154. The summed E-state index contributed by atoms with van der Waals surface area (Å²) < 4.78 is 0. The Balaban J connectivity index is 2.41. The van der Waals surface area contributed by atoms with Crippen molar-refractivity contribution in [2.24, 2.45) is 0 Å². The molecule has 0 bridgehead atoms. The van der Waals surface area contributed by atoms with E-state index in [1.807, 2.05) is 31.2 Å². The predicted molar refractivity (Wildman–Crippen MR) is 73.6 cm³/mol. The summed E-state index contributed by atoms with van der Waals surface area (Å²) in [5.74, 6) is 1.18. The third-order valence-corrected chi connectivity index (χ3v) is 3.07. The number of aromatic nitrogens is 3. The summed E-state index contributed by atoms with van der Waals surface area (Å²) in [6.45, 7) is 1.98. The third kappa shape index (κ3) is 1.75. The van der Waals surface area contributed by atoms with Crippen LogP contribution in [0, 0.1) is 0 Å². The largest absolute Gasteiger partial charge is 0.383 e. The standard InChI is InChI=1S/C13H11ClN4/c1-2-11-17-12(15)9-5-7-3-4-8(14)6-10(7)16-13(9)18-11/h3-6H,2H2,1H3,(H2,15,16,17,18). The van der Waals surface area contributed by atoms with Crippen molar-refractivity contribution in [2.45, 2.75) is 13.3 Å². The van der Waals surface area contributed by atoms with E-state index in [0.29, 0.717) is 22.3 Å². The monoisotopic (exact) mass is 258 g/mol. The third-order valence-electron chi connectivity index (χ3n) is 2.84. The van der Waals surface area contributed by atoms with Crippen molar-refractivity contribution >= 4 is 39.4 Å². The van der Waals surface area contributed by atoms with Gasteiger partial charge in [-0.3, -0.25) is 0 Å². The van der Waals surface area contributed by atoms with E-state index in [4.69, 9.17) is 17.3 Å². The van der Waals surface area contributed by atoms with Crippen molar-refractivity contribution in [1.29, 1.82) is 0 Å². The molecule has 0 saturated carbocycles. The fourth-order valence-corrected chi connectivity index (χ4v) is 2.07. The Bertz CT molecular complexity index is 755. The Labute approximate surface area is 109 Å². The van der Waals surface area contributed by atoms with Crippen LogP contribution in [-0.4, -0.2) is 15.0 Å². The first kappa shape index (κ1) is 11.2. The van der Waals surface area contributed by atoms with Gasteiger partial charge in [0.15, 0.2) is 5.65 Å². The molecule has 0 atom stereocenters. The number of benzene rings is 1. The molecule has 0 radical (unpaired) electrons. The Morgan fingerprint density at radius 2 is 2.00 bits per heavy atom. The van der Waals surface area contributed by atoms with E-state index in [1.165, 1.54) is 0 Å². The highest BCUT2D eigenvalue weighted by Gasteiger charge is 2.07. The molecular formula is C13H11ClN4. The van der Waals surface area contributed by atoms with Crippen molar-refractivity contribution in [3.05, 3.63) is 35.1 Å². The molecule has 2 heterocycles. The van der Waals surface area contributed by atoms with Crippen LogP contribution in [0.3, 0.4) is 0 Å². The minimum Gasteiger partial charge on any atom is -0.383 e. The molecule has 0 spiro atoms. The number of anilines is 1. The van der Waals surface area contributed by atoms with Crippen LogP contribution in [0.1, 0.15) is 12.7 Å². The Morgan fingerprint density at radius 3 is 2.78 bits per heavy atom. The number of nitrogen functional groups attached to an aromatic ring is 1. The van der Waals surface area contributed by atoms with Gasteiger partial charge in [-0.1, -0.05) is 24.6 Å². The van der Waals surface area contributed by atoms with Crippen LogP contribution in [0.5, 0.6) is 0 Å². The molecule has 0 aliphatic carbocycles. The summed E-state index contributed by atoms with van der Waals surface area (Å²) in [5.41, 5.74) is 7.37. The SMILES string of the molecule is CCc1nc(N)c2cc3ccc(Cl)cc3nc2n1. The molecule has 3 rings (SSSR count). The molecule has 1 aromatic carbocycles. The zero-order valence-corrected chi connectivity index (χ0v) is 10.6. The maximum Gasteiger partial charge on any atom is 0.165 e. The molecule has 0 unspecified atom stereocenters. The Morgan fingerprint density at radius 1 is 1.17 bits per heavy atom. The van der Waals surface area contributed by atoms with Gasteiger partial charge in [-0.05, 0) is 18.2 Å². The highest BCUT2D eigenvalue weighted by molar-refractivity contribution is 6.31. The van der Waals surface area contributed by atoms with Gasteiger partial charge in [-0.2, -0.15) is 0 Å². The lowest BCUT2D eigenvalue weighted by Gasteiger charge is -2.05. The minimum absolute atomic E-state index is 0.473. The van der Waals surface area contributed by atoms with Crippen molar-refractivity contribution in [3.8, 4) is 0 Å². The minimum atomic E-state index is 0.473. The normalized spacial score (nSPS) is 11.2. The van der Waals surface area contributed by atoms with E-state index in [2.05, 4.69) is 15.0 Å². The molecule has 0 saturated heterocycles. The Kier molecular flexibility index (Phi) is 2.52. The second-order valence-electron chi connectivity index (χ2n) is 4.08. The van der Waals surface area contributed by atoms with Crippen molar-refractivity contribution in [3.63, 3.8) is 0 Å². The van der Waals surface area contributed by atoms with E-state index in [1.54, 1.807) is 0 Å². The number of nitrogens with zero attached hydrogens (tertiary/aromatic N) is 3. The van der Waals surface area contributed by atoms with Gasteiger partial charge in [-0.15, -0.1) is 0 Å². The lowest BCUT2D eigenvalue weighted by atomic mass is 10.2. The van der Waals surface area contributed by atoms with Gasteiger partial charge in [0.05, 0.1) is 10.9 Å². The molecule has 3 aromatic rings. The van der Waals surface area contributed by atoms with Gasteiger partial charge in [0.2, 0.25) is 0 Å². The van der Waals surface area contributed by atoms with Crippen molar-refractivity contribution < 1.29 is 0 Å². The molecule has 0 aliphatic heterocycles. The van der Waals surface area contributed by atoms with Crippen molar-refractivity contribution in [2.75, 3.05) is 5.73 Å². The van der Waals surface area contributed by atoms with E-state index in [0.717, 1.165) is 22.7 Å². The zero-order chi connectivity index (χ0) is 12.7. The molecule has 0 fully saturated rings. The zero-order valence-electron chi connectivity index (χ0n) is 9.81. The number of pyridine rings is 1. The summed E-state index contributed by atoms with van der Waals surface area (Å²) in [5, 5.41) is 2.42. The highest BCUT2D eigenvalue weighted by atomic mass is 35.5. The maximum absolute atomic E-state index is 5.96. The lowest BCUT2D eigenvalue weighted by molar-refractivity contribution is 0.960. The fourth-order valence-electron chi connectivity index (χ4n) is 1.91. The van der Waals surface area contributed by atoms with Gasteiger partial charge in [-0.25, -0.2) is 15.0 Å². The number of aryl methyl sites for hydroxylation is 1. The topological polar surface area (TPSA) is 64.7 Å². The second kappa shape index (κ2) is 4.07. The molecule has 90 valence electrons. The van der Waals surface area contributed by atoms with Crippen LogP contribution in [-0.2, 0) is 6.42 Å². The van der Waals surface area contributed by atoms with Gasteiger partial charge in [0.25, 0.3) is 0 Å². The molecule has 0 aliphatic rings. The van der Waals surface area contributed by atoms with Crippen LogP contribution < -0.4 is 5.73 Å². The molecule has 4 nitrogen and oxygen atoms in total. The van der Waals surface area contributed by atoms with Gasteiger partial charge >= 0.3 is 0 Å². The van der Waals surface area contributed by atoms with Gasteiger partial charge in [0.1, 0.15) is 11.6 Å². The van der Waals surface area contributed by atoms with E-state index in [9.17, 15) is 0 Å². The quantitative estimate of drug-likeness (QED) is 0.682. The lowest BCUT2D eigenvalue weighted by Crippen LogP contribution is -2.01.